The highest BCUT2D eigenvalue weighted by atomic mass is 32.2. The van der Waals surface area contributed by atoms with Crippen molar-refractivity contribution in [3.8, 4) is 0 Å². The van der Waals surface area contributed by atoms with Gasteiger partial charge in [0.15, 0.2) is 5.78 Å². The molecule has 0 unspecified atom stereocenters. The fourth-order valence-electron chi connectivity index (χ4n) is 2.06. The predicted octanol–water partition coefficient (Wildman–Crippen LogP) is 4.03. The maximum Gasteiger partial charge on any atom is 0.171 e. The van der Waals surface area contributed by atoms with E-state index < -0.39 is 0 Å². The van der Waals surface area contributed by atoms with Crippen LogP contribution in [-0.4, -0.2) is 19.1 Å². The molecule has 1 aromatic carbocycles. The van der Waals surface area contributed by atoms with Gasteiger partial charge in [0.2, 0.25) is 0 Å². The van der Waals surface area contributed by atoms with E-state index in [9.17, 15) is 9.18 Å². The molecule has 2 N–H and O–H groups in total. The van der Waals surface area contributed by atoms with E-state index in [1.807, 2.05) is 18.2 Å². The lowest BCUT2D eigenvalue weighted by Crippen LogP contribution is -2.15. The number of benzene rings is 1. The minimum atomic E-state index is -0.245. The molecule has 0 saturated carbocycles. The Morgan fingerprint density at radius 2 is 2.00 bits per heavy atom. The average molecular weight is 324 g/mol. The Labute approximate surface area is 132 Å². The normalized spacial score (nSPS) is 10.7. The minimum absolute atomic E-state index is 0.0192. The van der Waals surface area contributed by atoms with Crippen molar-refractivity contribution in [1.29, 1.82) is 0 Å². The molecular formula is C15H17FN2OS2. The Morgan fingerprint density at radius 3 is 2.52 bits per heavy atom. The van der Waals surface area contributed by atoms with E-state index in [1.54, 1.807) is 12.1 Å². The fourth-order valence-corrected chi connectivity index (χ4v) is 4.13. The molecule has 0 spiro atoms. The quantitative estimate of drug-likeness (QED) is 0.666. The summed E-state index contributed by atoms with van der Waals surface area (Å²) in [5.74, 6) is -0.264. The Balaban J connectivity index is 2.30. The molecule has 3 nitrogen and oxygen atoms in total. The van der Waals surface area contributed by atoms with Crippen LogP contribution in [0.2, 0.25) is 0 Å². The van der Waals surface area contributed by atoms with Gasteiger partial charge in [0.05, 0.1) is 15.5 Å². The van der Waals surface area contributed by atoms with Crippen LogP contribution >= 0.6 is 23.1 Å². The van der Waals surface area contributed by atoms with E-state index in [1.165, 1.54) is 42.2 Å². The molecule has 0 aliphatic carbocycles. The van der Waals surface area contributed by atoms with Crippen molar-refractivity contribution in [2.24, 2.45) is 0 Å². The maximum absolute atomic E-state index is 12.9. The number of Topliss-reactive ketones (excluding diaryl/α,β-unsaturated/α-hetero) is 1. The Kier molecular flexibility index (Phi) is 4.90. The number of hydrogen-bond acceptors (Lipinski definition) is 5. The second-order valence-corrected chi connectivity index (χ2v) is 6.54. The van der Waals surface area contributed by atoms with Crippen LogP contribution in [0, 0.1) is 5.82 Å². The molecule has 112 valence electrons. The number of rotatable bonds is 5. The minimum Gasteiger partial charge on any atom is -0.396 e. The van der Waals surface area contributed by atoms with E-state index in [0.29, 0.717) is 17.1 Å². The molecule has 1 heterocycles. The summed E-state index contributed by atoms with van der Waals surface area (Å²) >= 11 is 2.94. The first-order chi connectivity index (χ1) is 9.93. The smallest absolute Gasteiger partial charge is 0.171 e. The van der Waals surface area contributed by atoms with Gasteiger partial charge in [0.25, 0.3) is 0 Å². The van der Waals surface area contributed by atoms with Crippen LogP contribution in [-0.2, 0) is 6.54 Å². The van der Waals surface area contributed by atoms with Crippen LogP contribution in [0.5, 0.6) is 0 Å². The van der Waals surface area contributed by atoms with Crippen molar-refractivity contribution in [3.05, 3.63) is 40.5 Å². The number of ketones is 1. The van der Waals surface area contributed by atoms with E-state index in [2.05, 4.69) is 0 Å². The van der Waals surface area contributed by atoms with Gasteiger partial charge in [-0.3, -0.25) is 4.79 Å². The zero-order valence-corrected chi connectivity index (χ0v) is 13.8. The van der Waals surface area contributed by atoms with Gasteiger partial charge in [0.1, 0.15) is 10.8 Å². The summed E-state index contributed by atoms with van der Waals surface area (Å²) in [6.45, 7) is 2.15. The largest absolute Gasteiger partial charge is 0.396 e. The summed E-state index contributed by atoms with van der Waals surface area (Å²) in [5, 5.41) is 0.967. The number of thioether (sulfide) groups is 1. The molecule has 21 heavy (non-hydrogen) atoms. The summed E-state index contributed by atoms with van der Waals surface area (Å²) in [5.41, 5.74) is 7.62. The van der Waals surface area contributed by atoms with E-state index in [4.69, 9.17) is 5.73 Å². The second kappa shape index (κ2) is 6.49. The zero-order valence-electron chi connectivity index (χ0n) is 12.1. The topological polar surface area (TPSA) is 46.3 Å². The molecule has 0 saturated heterocycles. The van der Waals surface area contributed by atoms with Gasteiger partial charge in [-0.25, -0.2) is 4.39 Å². The number of carbonyl (C=O) groups is 1. The van der Waals surface area contributed by atoms with Crippen molar-refractivity contribution in [2.75, 3.05) is 23.9 Å². The zero-order chi connectivity index (χ0) is 15.6. The number of nitrogens with two attached hydrogens (primary N) is 1. The first kappa shape index (κ1) is 15.9. The molecule has 2 aromatic rings. The molecule has 0 amide bonds. The maximum atomic E-state index is 12.9. The van der Waals surface area contributed by atoms with Gasteiger partial charge >= 0.3 is 0 Å². The number of halogens is 1. The molecule has 6 heteroatoms. The molecule has 0 atom stereocenters. The highest BCUT2D eigenvalue weighted by Gasteiger charge is 2.20. The highest BCUT2D eigenvalue weighted by molar-refractivity contribution is 7.99. The average Bonchev–Trinajstić information content (AvgIpc) is 2.78. The van der Waals surface area contributed by atoms with Gasteiger partial charge in [0, 0.05) is 20.5 Å². The third-order valence-electron chi connectivity index (χ3n) is 3.09. The summed E-state index contributed by atoms with van der Waals surface area (Å²) in [7, 11) is 1.94. The summed E-state index contributed by atoms with van der Waals surface area (Å²) in [6.07, 6.45) is 1.94. The van der Waals surface area contributed by atoms with Gasteiger partial charge < -0.3 is 10.6 Å². The number of nitrogens with zero attached hydrogens (tertiary/aromatic N) is 1. The third-order valence-corrected chi connectivity index (χ3v) is 5.46. The van der Waals surface area contributed by atoms with Crippen LogP contribution in [0.1, 0.15) is 22.2 Å². The number of nitrogen functional groups attached to an aromatic ring is 1. The number of hydrogen-bond donors (Lipinski definition) is 1. The van der Waals surface area contributed by atoms with Crippen molar-refractivity contribution >= 4 is 39.6 Å². The fraction of sp³-hybridized carbons (Fsp3) is 0.267. The van der Waals surface area contributed by atoms with Crippen molar-refractivity contribution < 1.29 is 9.18 Å². The summed E-state index contributed by atoms with van der Waals surface area (Å²) in [6, 6.07) is 6.41. The van der Waals surface area contributed by atoms with Crippen LogP contribution in [0.15, 0.2) is 29.2 Å². The number of thiophene rings is 1. The molecule has 2 rings (SSSR count). The SMILES string of the molecule is CSc1c(N(C)Cc2ccc(F)cc2)sc(C(C)=O)c1N. The summed E-state index contributed by atoms with van der Waals surface area (Å²) in [4.78, 5) is 15.2. The number of anilines is 2. The van der Waals surface area contributed by atoms with Crippen molar-refractivity contribution in [2.45, 2.75) is 18.4 Å². The van der Waals surface area contributed by atoms with E-state index >= 15 is 0 Å². The predicted molar refractivity (Wildman–Crippen MR) is 89.0 cm³/mol. The van der Waals surface area contributed by atoms with Crippen molar-refractivity contribution in [1.82, 2.24) is 0 Å². The monoisotopic (exact) mass is 324 g/mol. The van der Waals surface area contributed by atoms with Crippen LogP contribution in [0.25, 0.3) is 0 Å². The lowest BCUT2D eigenvalue weighted by Gasteiger charge is -2.19. The highest BCUT2D eigenvalue weighted by Crippen LogP contribution is 2.43. The summed E-state index contributed by atoms with van der Waals surface area (Å²) < 4.78 is 12.9. The molecule has 0 aliphatic rings. The Morgan fingerprint density at radius 1 is 1.38 bits per heavy atom. The first-order valence-corrected chi connectivity index (χ1v) is 8.41. The number of carbonyl (C=O) groups excluding carboxylic acids is 1. The van der Waals surface area contributed by atoms with Gasteiger partial charge in [-0.2, -0.15) is 0 Å². The van der Waals surface area contributed by atoms with Gasteiger partial charge in [-0.05, 0) is 24.0 Å². The van der Waals surface area contributed by atoms with Crippen LogP contribution < -0.4 is 10.6 Å². The van der Waals surface area contributed by atoms with E-state index in [-0.39, 0.29) is 11.6 Å². The van der Waals surface area contributed by atoms with Crippen LogP contribution in [0.4, 0.5) is 15.1 Å². The van der Waals surface area contributed by atoms with Gasteiger partial charge in [-0.1, -0.05) is 12.1 Å². The molecule has 0 fully saturated rings. The first-order valence-electron chi connectivity index (χ1n) is 6.36. The van der Waals surface area contributed by atoms with Crippen LogP contribution in [0.3, 0.4) is 0 Å². The van der Waals surface area contributed by atoms with Crippen molar-refractivity contribution in [3.63, 3.8) is 0 Å². The molecule has 0 aliphatic heterocycles. The van der Waals surface area contributed by atoms with E-state index in [0.717, 1.165) is 15.5 Å². The lowest BCUT2D eigenvalue weighted by atomic mass is 10.2. The molecular weight excluding hydrogens is 307 g/mol. The lowest BCUT2D eigenvalue weighted by molar-refractivity contribution is 0.102. The Bertz CT molecular complexity index is 652. The molecule has 0 bridgehead atoms. The third kappa shape index (κ3) is 3.39. The standard InChI is InChI=1S/C15H17FN2OS2/c1-9(19)13-12(17)14(20-3)15(21-13)18(2)8-10-4-6-11(16)7-5-10/h4-7H,8,17H2,1-3H3. The molecule has 1 aromatic heterocycles. The van der Waals surface area contributed by atoms with Gasteiger partial charge in [-0.15, -0.1) is 23.1 Å². The molecule has 0 radical (unpaired) electrons. The Hall–Kier alpha value is -1.53. The second-order valence-electron chi connectivity index (χ2n) is 4.72.